The van der Waals surface area contributed by atoms with E-state index in [2.05, 4.69) is 60.6 Å². The number of benzene rings is 2. The first kappa shape index (κ1) is 21.3. The fourth-order valence-corrected chi connectivity index (χ4v) is 2.45. The van der Waals surface area contributed by atoms with Crippen molar-refractivity contribution >= 4 is 29.9 Å². The van der Waals surface area contributed by atoms with Gasteiger partial charge in [-0.3, -0.25) is 4.99 Å². The van der Waals surface area contributed by atoms with Crippen LogP contribution in [0.4, 0.5) is 0 Å². The predicted molar refractivity (Wildman–Crippen MR) is 116 cm³/mol. The van der Waals surface area contributed by atoms with Gasteiger partial charge in [-0.05, 0) is 29.7 Å². The number of hydrogen-bond acceptors (Lipinski definition) is 2. The summed E-state index contributed by atoms with van der Waals surface area (Å²) in [7, 11) is 1.67. The highest BCUT2D eigenvalue weighted by atomic mass is 127. The smallest absolute Gasteiger partial charge is 0.188 e. The molecule has 2 rings (SSSR count). The molecule has 0 aliphatic heterocycles. The Kier molecular flexibility index (Phi) is 8.75. The molecule has 0 aliphatic rings. The van der Waals surface area contributed by atoms with Crippen LogP contribution in [0.25, 0.3) is 0 Å². The Morgan fingerprint density at radius 3 is 2.32 bits per heavy atom. The van der Waals surface area contributed by atoms with Gasteiger partial charge in [0.05, 0.1) is 13.7 Å². The molecule has 0 heterocycles. The normalized spacial score (nSPS) is 11.6. The minimum absolute atomic E-state index is 0. The van der Waals surface area contributed by atoms with Crippen LogP contribution in [-0.2, 0) is 11.8 Å². The first-order chi connectivity index (χ1) is 11.5. The van der Waals surface area contributed by atoms with Crippen molar-refractivity contribution in [2.24, 2.45) is 10.7 Å². The molecule has 0 amide bonds. The zero-order chi connectivity index (χ0) is 17.4. The van der Waals surface area contributed by atoms with Crippen LogP contribution in [0.1, 0.15) is 25.0 Å². The fourth-order valence-electron chi connectivity index (χ4n) is 2.45. The number of aliphatic imine (C=N–C) groups is 1. The summed E-state index contributed by atoms with van der Waals surface area (Å²) in [4.78, 5) is 4.49. The lowest BCUT2D eigenvalue weighted by Gasteiger charge is -2.23. The Labute approximate surface area is 167 Å². The van der Waals surface area contributed by atoms with E-state index in [1.54, 1.807) is 7.11 Å². The molecule has 5 heteroatoms. The van der Waals surface area contributed by atoms with E-state index in [0.717, 1.165) is 18.7 Å². The maximum Gasteiger partial charge on any atom is 0.188 e. The lowest BCUT2D eigenvalue weighted by molar-refractivity contribution is 0.414. The van der Waals surface area contributed by atoms with Gasteiger partial charge < -0.3 is 15.8 Å². The molecular weight excluding hydrogens is 425 g/mol. The molecule has 0 spiro atoms. The summed E-state index contributed by atoms with van der Waals surface area (Å²) in [5.41, 5.74) is 8.45. The standard InChI is InChI=1S/C20H27N3O.HI/c1-20(2,17-7-5-4-6-8-17)15-23-19(21)22-14-13-16-9-11-18(24-3)12-10-16;/h4-12H,13-15H2,1-3H3,(H3,21,22,23);1H. The van der Waals surface area contributed by atoms with E-state index in [1.165, 1.54) is 11.1 Å². The number of nitrogens with two attached hydrogens (primary N) is 1. The summed E-state index contributed by atoms with van der Waals surface area (Å²) < 4.78 is 5.16. The van der Waals surface area contributed by atoms with Gasteiger partial charge in [0, 0.05) is 12.0 Å². The molecule has 136 valence electrons. The Morgan fingerprint density at radius 2 is 1.72 bits per heavy atom. The maximum absolute atomic E-state index is 5.99. The fraction of sp³-hybridized carbons (Fsp3) is 0.350. The maximum atomic E-state index is 5.99. The lowest BCUT2D eigenvalue weighted by Crippen LogP contribution is -2.35. The van der Waals surface area contributed by atoms with Crippen LogP contribution in [0.3, 0.4) is 0 Å². The van der Waals surface area contributed by atoms with Crippen LogP contribution < -0.4 is 15.8 Å². The Bertz CT molecular complexity index is 654. The summed E-state index contributed by atoms with van der Waals surface area (Å²) in [5, 5.41) is 3.18. The highest BCUT2D eigenvalue weighted by Crippen LogP contribution is 2.22. The molecule has 0 saturated carbocycles. The van der Waals surface area contributed by atoms with Crippen LogP contribution in [0.2, 0.25) is 0 Å². The van der Waals surface area contributed by atoms with Crippen molar-refractivity contribution in [2.75, 3.05) is 20.2 Å². The van der Waals surface area contributed by atoms with Gasteiger partial charge in [-0.1, -0.05) is 56.3 Å². The molecule has 0 unspecified atom stereocenters. The van der Waals surface area contributed by atoms with Crippen LogP contribution in [0, 0.1) is 0 Å². The molecule has 25 heavy (non-hydrogen) atoms. The van der Waals surface area contributed by atoms with E-state index in [0.29, 0.717) is 12.5 Å². The number of hydrogen-bond donors (Lipinski definition) is 2. The zero-order valence-electron chi connectivity index (χ0n) is 15.2. The second-order valence-corrected chi connectivity index (χ2v) is 6.48. The number of ether oxygens (including phenoxy) is 1. The Hall–Kier alpha value is -1.76. The monoisotopic (exact) mass is 453 g/mol. The summed E-state index contributed by atoms with van der Waals surface area (Å²) in [6, 6.07) is 18.4. The molecule has 0 saturated heterocycles. The molecule has 3 N–H and O–H groups in total. The Morgan fingerprint density at radius 1 is 1.08 bits per heavy atom. The molecule has 0 radical (unpaired) electrons. The van der Waals surface area contributed by atoms with Crippen molar-refractivity contribution in [2.45, 2.75) is 25.7 Å². The third-order valence-corrected chi connectivity index (χ3v) is 4.08. The van der Waals surface area contributed by atoms with Crippen LogP contribution in [0.5, 0.6) is 5.75 Å². The number of nitrogens with one attached hydrogen (secondary N) is 1. The summed E-state index contributed by atoms with van der Waals surface area (Å²) in [6.45, 7) is 5.76. The third-order valence-electron chi connectivity index (χ3n) is 4.08. The molecule has 0 aliphatic carbocycles. The van der Waals surface area contributed by atoms with Crippen molar-refractivity contribution in [3.8, 4) is 5.75 Å². The van der Waals surface area contributed by atoms with Gasteiger partial charge >= 0.3 is 0 Å². The van der Waals surface area contributed by atoms with Gasteiger partial charge in [-0.2, -0.15) is 0 Å². The van der Waals surface area contributed by atoms with Gasteiger partial charge in [-0.15, -0.1) is 24.0 Å². The second kappa shape index (κ2) is 10.3. The molecule has 0 bridgehead atoms. The average molecular weight is 453 g/mol. The number of methoxy groups -OCH3 is 1. The first-order valence-corrected chi connectivity index (χ1v) is 8.23. The lowest BCUT2D eigenvalue weighted by atomic mass is 9.85. The summed E-state index contributed by atoms with van der Waals surface area (Å²) in [6.07, 6.45) is 0.891. The van der Waals surface area contributed by atoms with Crippen molar-refractivity contribution in [3.05, 3.63) is 65.7 Å². The molecule has 0 aromatic heterocycles. The van der Waals surface area contributed by atoms with Crippen molar-refractivity contribution in [1.82, 2.24) is 5.32 Å². The van der Waals surface area contributed by atoms with Crippen LogP contribution in [-0.4, -0.2) is 26.2 Å². The molecular formula is C20H28IN3O. The van der Waals surface area contributed by atoms with Gasteiger partial charge in [0.15, 0.2) is 5.96 Å². The van der Waals surface area contributed by atoms with Crippen LogP contribution in [0.15, 0.2) is 59.6 Å². The number of rotatable bonds is 7. The van der Waals surface area contributed by atoms with Gasteiger partial charge in [0.2, 0.25) is 0 Å². The minimum atomic E-state index is -0.0382. The van der Waals surface area contributed by atoms with E-state index in [4.69, 9.17) is 10.5 Å². The molecule has 2 aromatic rings. The average Bonchev–Trinajstić information content (AvgIpc) is 2.61. The zero-order valence-corrected chi connectivity index (χ0v) is 17.5. The van der Waals surface area contributed by atoms with E-state index in [-0.39, 0.29) is 29.4 Å². The van der Waals surface area contributed by atoms with Crippen molar-refractivity contribution in [1.29, 1.82) is 0 Å². The van der Waals surface area contributed by atoms with E-state index < -0.39 is 0 Å². The molecule has 0 atom stereocenters. The van der Waals surface area contributed by atoms with Crippen LogP contribution >= 0.6 is 24.0 Å². The van der Waals surface area contributed by atoms with E-state index in [1.807, 2.05) is 18.2 Å². The summed E-state index contributed by atoms with van der Waals surface area (Å²) in [5.74, 6) is 1.36. The van der Waals surface area contributed by atoms with E-state index in [9.17, 15) is 0 Å². The first-order valence-electron chi connectivity index (χ1n) is 8.23. The topological polar surface area (TPSA) is 59.6 Å². The van der Waals surface area contributed by atoms with E-state index >= 15 is 0 Å². The highest BCUT2D eigenvalue weighted by molar-refractivity contribution is 14.0. The molecule has 0 fully saturated rings. The summed E-state index contributed by atoms with van der Waals surface area (Å²) >= 11 is 0. The SMILES string of the molecule is COc1ccc(CCNC(N)=NCC(C)(C)c2ccccc2)cc1.I. The third kappa shape index (κ3) is 6.94. The molecule has 4 nitrogen and oxygen atoms in total. The number of guanidine groups is 1. The minimum Gasteiger partial charge on any atom is -0.497 e. The largest absolute Gasteiger partial charge is 0.497 e. The second-order valence-electron chi connectivity index (χ2n) is 6.48. The predicted octanol–water partition coefficient (Wildman–Crippen LogP) is 3.74. The van der Waals surface area contributed by atoms with Crippen molar-refractivity contribution < 1.29 is 4.74 Å². The quantitative estimate of drug-likeness (QED) is 0.382. The van der Waals surface area contributed by atoms with Gasteiger partial charge in [-0.25, -0.2) is 0 Å². The highest BCUT2D eigenvalue weighted by Gasteiger charge is 2.19. The number of halogens is 1. The van der Waals surface area contributed by atoms with Crippen molar-refractivity contribution in [3.63, 3.8) is 0 Å². The number of nitrogens with zero attached hydrogens (tertiary/aromatic N) is 1. The molecule has 2 aromatic carbocycles. The van der Waals surface area contributed by atoms with Gasteiger partial charge in [0.1, 0.15) is 5.75 Å². The van der Waals surface area contributed by atoms with Gasteiger partial charge in [0.25, 0.3) is 0 Å². The Balaban J connectivity index is 0.00000312.